The molecule has 0 fully saturated rings. The van der Waals surface area contributed by atoms with Gasteiger partial charge in [0.25, 0.3) is 5.91 Å². The van der Waals surface area contributed by atoms with Gasteiger partial charge in [0.1, 0.15) is 0 Å². The van der Waals surface area contributed by atoms with Crippen LogP contribution in [0.5, 0.6) is 0 Å². The molecule has 0 aliphatic rings. The van der Waals surface area contributed by atoms with Gasteiger partial charge >= 0.3 is 0 Å². The predicted molar refractivity (Wildman–Crippen MR) is 142 cm³/mol. The molecule has 3 aromatic rings. The van der Waals surface area contributed by atoms with Gasteiger partial charge in [-0.25, -0.2) is 0 Å². The number of benzene rings is 2. The van der Waals surface area contributed by atoms with Gasteiger partial charge in [-0.15, -0.1) is 16.8 Å². The first kappa shape index (κ1) is 26.2. The van der Waals surface area contributed by atoms with E-state index >= 15 is 0 Å². The number of aryl methyl sites for hydroxylation is 3. The molecule has 184 valence electrons. The van der Waals surface area contributed by atoms with Crippen molar-refractivity contribution in [3.63, 3.8) is 0 Å². The summed E-state index contributed by atoms with van der Waals surface area (Å²) in [5, 5.41) is 15.4. The van der Waals surface area contributed by atoms with Crippen molar-refractivity contribution in [3.8, 4) is 0 Å². The molecule has 0 spiro atoms. The van der Waals surface area contributed by atoms with Crippen LogP contribution in [0.3, 0.4) is 0 Å². The number of carbonyl (C=O) groups excluding carboxylic acids is 2. The maximum atomic E-state index is 12.9. The summed E-state index contributed by atoms with van der Waals surface area (Å²) in [5.74, 6) is 0.603. The van der Waals surface area contributed by atoms with E-state index < -0.39 is 0 Å². The fourth-order valence-electron chi connectivity index (χ4n) is 3.77. The van der Waals surface area contributed by atoms with Crippen LogP contribution < -0.4 is 10.6 Å². The zero-order valence-electron chi connectivity index (χ0n) is 21.0. The second kappa shape index (κ2) is 11.8. The number of nitrogens with zero attached hydrogens (tertiary/aromatic N) is 3. The van der Waals surface area contributed by atoms with E-state index in [2.05, 4.69) is 33.5 Å². The first-order valence-electron chi connectivity index (χ1n) is 11.6. The highest BCUT2D eigenvalue weighted by Gasteiger charge is 2.26. The van der Waals surface area contributed by atoms with Crippen LogP contribution in [0.15, 0.2) is 60.3 Å². The third-order valence-electron chi connectivity index (χ3n) is 5.44. The van der Waals surface area contributed by atoms with Gasteiger partial charge in [-0.2, -0.15) is 0 Å². The standard InChI is InChI=1S/C27H33N5O2S/c1-7-12-32-25(24(17(2)3)29-26(34)21-10-8-18(4)9-11-21)30-31-27(32)35-16-23(33)28-22-14-19(5)13-20(6)15-22/h7-11,13-15,17,24H,1,12,16H2,2-6H3,(H,28,33)(H,29,34)/t24-/m0/s1. The van der Waals surface area contributed by atoms with Gasteiger partial charge in [-0.1, -0.05) is 55.4 Å². The minimum Gasteiger partial charge on any atom is -0.342 e. The molecule has 0 aliphatic heterocycles. The highest BCUT2D eigenvalue weighted by Crippen LogP contribution is 2.26. The van der Waals surface area contributed by atoms with E-state index in [4.69, 9.17) is 0 Å². The Morgan fingerprint density at radius 3 is 2.29 bits per heavy atom. The first-order chi connectivity index (χ1) is 16.7. The van der Waals surface area contributed by atoms with Crippen molar-refractivity contribution < 1.29 is 9.59 Å². The number of hydrogen-bond donors (Lipinski definition) is 2. The lowest BCUT2D eigenvalue weighted by molar-refractivity contribution is -0.113. The molecule has 0 saturated carbocycles. The molecule has 1 aromatic heterocycles. The topological polar surface area (TPSA) is 88.9 Å². The SMILES string of the molecule is C=CCn1c(SCC(=O)Nc2cc(C)cc(C)c2)nnc1[C@@H](NC(=O)c1ccc(C)cc1)C(C)C. The average Bonchev–Trinajstić information content (AvgIpc) is 3.18. The summed E-state index contributed by atoms with van der Waals surface area (Å²) in [5.41, 5.74) is 4.65. The van der Waals surface area contributed by atoms with Crippen LogP contribution in [0, 0.1) is 26.7 Å². The van der Waals surface area contributed by atoms with Crippen LogP contribution in [0.2, 0.25) is 0 Å². The summed E-state index contributed by atoms with van der Waals surface area (Å²) in [6.45, 7) is 14.4. The van der Waals surface area contributed by atoms with E-state index in [0.29, 0.717) is 23.1 Å². The van der Waals surface area contributed by atoms with Crippen LogP contribution in [0.4, 0.5) is 5.69 Å². The lowest BCUT2D eigenvalue weighted by Gasteiger charge is -2.22. The largest absolute Gasteiger partial charge is 0.342 e. The van der Waals surface area contributed by atoms with Crippen molar-refractivity contribution in [2.75, 3.05) is 11.1 Å². The molecule has 8 heteroatoms. The van der Waals surface area contributed by atoms with E-state index in [1.807, 2.05) is 75.6 Å². The zero-order valence-corrected chi connectivity index (χ0v) is 21.8. The second-order valence-electron chi connectivity index (χ2n) is 9.01. The van der Waals surface area contributed by atoms with Crippen molar-refractivity contribution in [2.45, 2.75) is 52.4 Å². The lowest BCUT2D eigenvalue weighted by atomic mass is 10.0. The van der Waals surface area contributed by atoms with E-state index in [-0.39, 0.29) is 29.5 Å². The molecular weight excluding hydrogens is 458 g/mol. The number of rotatable bonds is 10. The van der Waals surface area contributed by atoms with E-state index in [0.717, 1.165) is 22.4 Å². The van der Waals surface area contributed by atoms with Gasteiger partial charge in [-0.05, 0) is 62.1 Å². The molecule has 1 heterocycles. The highest BCUT2D eigenvalue weighted by atomic mass is 32.2. The number of allylic oxidation sites excluding steroid dienone is 1. The molecule has 3 rings (SSSR count). The van der Waals surface area contributed by atoms with Gasteiger partial charge in [0, 0.05) is 17.8 Å². The van der Waals surface area contributed by atoms with Crippen molar-refractivity contribution in [3.05, 3.63) is 83.2 Å². The maximum Gasteiger partial charge on any atom is 0.251 e. The normalized spacial score (nSPS) is 11.8. The number of aromatic nitrogens is 3. The van der Waals surface area contributed by atoms with Crippen LogP contribution >= 0.6 is 11.8 Å². The molecule has 0 unspecified atom stereocenters. The molecule has 0 aliphatic carbocycles. The second-order valence-corrected chi connectivity index (χ2v) is 9.96. The fraction of sp³-hybridized carbons (Fsp3) is 0.333. The quantitative estimate of drug-likeness (QED) is 0.299. The van der Waals surface area contributed by atoms with Crippen LogP contribution in [-0.4, -0.2) is 32.3 Å². The molecule has 7 nitrogen and oxygen atoms in total. The number of nitrogens with one attached hydrogen (secondary N) is 2. The van der Waals surface area contributed by atoms with Crippen LogP contribution in [-0.2, 0) is 11.3 Å². The summed E-state index contributed by atoms with van der Waals surface area (Å²) < 4.78 is 1.90. The monoisotopic (exact) mass is 491 g/mol. The molecule has 2 N–H and O–H groups in total. The van der Waals surface area contributed by atoms with Crippen molar-refractivity contribution in [2.24, 2.45) is 5.92 Å². The molecule has 2 amide bonds. The van der Waals surface area contributed by atoms with Gasteiger partial charge in [0.05, 0.1) is 11.8 Å². The first-order valence-corrected chi connectivity index (χ1v) is 12.6. The molecule has 1 atom stereocenters. The Bertz CT molecular complexity index is 1180. The smallest absolute Gasteiger partial charge is 0.251 e. The average molecular weight is 492 g/mol. The summed E-state index contributed by atoms with van der Waals surface area (Å²) in [4.78, 5) is 25.5. The molecule has 35 heavy (non-hydrogen) atoms. The Balaban J connectivity index is 1.75. The Morgan fingerprint density at radius 1 is 1.03 bits per heavy atom. The van der Waals surface area contributed by atoms with Gasteiger partial charge in [0.2, 0.25) is 5.91 Å². The maximum absolute atomic E-state index is 12.9. The Hall–Kier alpha value is -3.39. The van der Waals surface area contributed by atoms with Crippen LogP contribution in [0.1, 0.15) is 52.8 Å². The van der Waals surface area contributed by atoms with Gasteiger partial charge in [0.15, 0.2) is 11.0 Å². The predicted octanol–water partition coefficient (Wildman–Crippen LogP) is 5.25. The summed E-state index contributed by atoms with van der Waals surface area (Å²) in [6.07, 6.45) is 1.76. The number of carbonyl (C=O) groups is 2. The molecule has 0 saturated heterocycles. The van der Waals surface area contributed by atoms with Crippen molar-refractivity contribution in [1.29, 1.82) is 0 Å². The van der Waals surface area contributed by atoms with E-state index in [1.165, 1.54) is 11.8 Å². The molecule has 2 aromatic carbocycles. The van der Waals surface area contributed by atoms with Gasteiger partial charge < -0.3 is 15.2 Å². The zero-order chi connectivity index (χ0) is 25.5. The van der Waals surface area contributed by atoms with E-state index in [9.17, 15) is 9.59 Å². The third kappa shape index (κ3) is 7.05. The minimum absolute atomic E-state index is 0.0721. The summed E-state index contributed by atoms with van der Waals surface area (Å²) >= 11 is 1.31. The molecule has 0 bridgehead atoms. The number of hydrogen-bond acceptors (Lipinski definition) is 5. The number of anilines is 1. The lowest BCUT2D eigenvalue weighted by Crippen LogP contribution is -2.33. The highest BCUT2D eigenvalue weighted by molar-refractivity contribution is 7.99. The minimum atomic E-state index is -0.352. The molecule has 0 radical (unpaired) electrons. The summed E-state index contributed by atoms with van der Waals surface area (Å²) in [6, 6.07) is 13.0. The van der Waals surface area contributed by atoms with Crippen molar-refractivity contribution >= 4 is 29.3 Å². The number of thioether (sulfide) groups is 1. The fourth-order valence-corrected chi connectivity index (χ4v) is 4.53. The van der Waals surface area contributed by atoms with Crippen LogP contribution in [0.25, 0.3) is 0 Å². The Labute approximate surface area is 211 Å². The van der Waals surface area contributed by atoms with E-state index in [1.54, 1.807) is 6.08 Å². The number of amides is 2. The van der Waals surface area contributed by atoms with Gasteiger partial charge in [-0.3, -0.25) is 9.59 Å². The van der Waals surface area contributed by atoms with Crippen molar-refractivity contribution in [1.82, 2.24) is 20.1 Å². The Morgan fingerprint density at radius 2 is 1.69 bits per heavy atom. The molecular formula is C27H33N5O2S. The Kier molecular flexibility index (Phi) is 8.87. The third-order valence-corrected chi connectivity index (χ3v) is 6.41. The summed E-state index contributed by atoms with van der Waals surface area (Å²) in [7, 11) is 0.